The van der Waals surface area contributed by atoms with Crippen LogP contribution in [0.2, 0.25) is 0 Å². The third-order valence-corrected chi connectivity index (χ3v) is 3.09. The summed E-state index contributed by atoms with van der Waals surface area (Å²) in [7, 11) is 0. The summed E-state index contributed by atoms with van der Waals surface area (Å²) in [5, 5.41) is 0. The Bertz CT molecular complexity index is 326. The Morgan fingerprint density at radius 1 is 1.29 bits per heavy atom. The predicted molar refractivity (Wildman–Crippen MR) is 68.8 cm³/mol. The van der Waals surface area contributed by atoms with E-state index in [0.717, 1.165) is 19.3 Å². The maximum absolute atomic E-state index is 5.84. The second-order valence-corrected chi connectivity index (χ2v) is 4.48. The van der Waals surface area contributed by atoms with Crippen molar-refractivity contribution in [3.63, 3.8) is 0 Å². The molecule has 92 valence electrons. The second-order valence-electron chi connectivity index (χ2n) is 4.48. The quantitative estimate of drug-likeness (QED) is 0.725. The Hall–Kier alpha value is -1.12. The van der Waals surface area contributed by atoms with Gasteiger partial charge in [0.05, 0.1) is 25.4 Å². The van der Waals surface area contributed by atoms with Crippen LogP contribution in [0.4, 0.5) is 0 Å². The summed E-state index contributed by atoms with van der Waals surface area (Å²) in [5.41, 5.74) is 1.22. The fourth-order valence-corrected chi connectivity index (χ4v) is 2.07. The highest BCUT2D eigenvalue weighted by Crippen LogP contribution is 2.19. The van der Waals surface area contributed by atoms with Gasteiger partial charge in [-0.25, -0.2) is 0 Å². The Morgan fingerprint density at radius 2 is 2.12 bits per heavy atom. The largest absolute Gasteiger partial charge is 0.375 e. The van der Waals surface area contributed by atoms with Gasteiger partial charge in [-0.15, -0.1) is 6.58 Å². The molecule has 2 rings (SSSR count). The van der Waals surface area contributed by atoms with Crippen molar-refractivity contribution in [2.24, 2.45) is 0 Å². The van der Waals surface area contributed by atoms with Crippen LogP contribution in [0, 0.1) is 0 Å². The van der Waals surface area contributed by atoms with Crippen LogP contribution in [0.15, 0.2) is 43.0 Å². The maximum atomic E-state index is 5.84. The van der Waals surface area contributed by atoms with Gasteiger partial charge in [0, 0.05) is 0 Å². The predicted octanol–water partition coefficient (Wildman–Crippen LogP) is 3.33. The zero-order valence-corrected chi connectivity index (χ0v) is 10.2. The fourth-order valence-electron chi connectivity index (χ4n) is 2.07. The zero-order chi connectivity index (χ0) is 11.9. The first-order valence-corrected chi connectivity index (χ1v) is 6.26. The van der Waals surface area contributed by atoms with E-state index in [1.807, 2.05) is 24.3 Å². The lowest BCUT2D eigenvalue weighted by Crippen LogP contribution is -2.31. The highest BCUT2D eigenvalue weighted by Gasteiger charge is 2.21. The van der Waals surface area contributed by atoms with Gasteiger partial charge in [-0.05, 0) is 24.8 Å². The van der Waals surface area contributed by atoms with Crippen molar-refractivity contribution >= 4 is 0 Å². The van der Waals surface area contributed by atoms with E-state index in [1.54, 1.807) is 0 Å². The Morgan fingerprint density at radius 3 is 2.76 bits per heavy atom. The molecule has 0 N–H and O–H groups in total. The van der Waals surface area contributed by atoms with Gasteiger partial charge in [0.15, 0.2) is 0 Å². The summed E-state index contributed by atoms with van der Waals surface area (Å²) >= 11 is 0. The van der Waals surface area contributed by atoms with E-state index in [4.69, 9.17) is 9.47 Å². The molecule has 1 aliphatic rings. The molecule has 0 aromatic heterocycles. The van der Waals surface area contributed by atoms with Crippen LogP contribution >= 0.6 is 0 Å². The molecule has 0 amide bonds. The Balaban J connectivity index is 1.70. The van der Waals surface area contributed by atoms with Crippen LogP contribution in [-0.4, -0.2) is 18.8 Å². The summed E-state index contributed by atoms with van der Waals surface area (Å²) in [4.78, 5) is 0. The highest BCUT2D eigenvalue weighted by atomic mass is 16.5. The standard InChI is InChI=1S/C15H20O2/c1-2-6-14-9-10-15(12-17-14)16-11-13-7-4-3-5-8-13/h2-5,7-8,14-15H,1,6,9-12H2/t14-,15-/m0/s1. The second kappa shape index (κ2) is 6.58. The van der Waals surface area contributed by atoms with Gasteiger partial charge >= 0.3 is 0 Å². The molecule has 0 radical (unpaired) electrons. The van der Waals surface area contributed by atoms with Crippen LogP contribution in [0.1, 0.15) is 24.8 Å². The SMILES string of the molecule is C=CC[C@H]1CC[C@H](OCc2ccccc2)CO1. The van der Waals surface area contributed by atoms with Crippen LogP contribution < -0.4 is 0 Å². The van der Waals surface area contributed by atoms with Gasteiger partial charge < -0.3 is 9.47 Å². The molecule has 0 saturated carbocycles. The van der Waals surface area contributed by atoms with Gasteiger partial charge in [-0.3, -0.25) is 0 Å². The first-order chi connectivity index (χ1) is 8.38. The van der Waals surface area contributed by atoms with Crippen LogP contribution in [-0.2, 0) is 16.1 Å². The molecular formula is C15H20O2. The van der Waals surface area contributed by atoms with Crippen molar-refractivity contribution in [3.8, 4) is 0 Å². The van der Waals surface area contributed by atoms with Crippen LogP contribution in [0.25, 0.3) is 0 Å². The topological polar surface area (TPSA) is 18.5 Å². The zero-order valence-electron chi connectivity index (χ0n) is 10.2. The number of ether oxygens (including phenoxy) is 2. The maximum Gasteiger partial charge on any atom is 0.0814 e. The molecule has 1 aromatic rings. The molecule has 2 heteroatoms. The molecule has 0 unspecified atom stereocenters. The summed E-state index contributed by atoms with van der Waals surface area (Å²) in [5.74, 6) is 0. The lowest BCUT2D eigenvalue weighted by atomic mass is 10.0. The van der Waals surface area contributed by atoms with E-state index in [2.05, 4.69) is 18.7 Å². The van der Waals surface area contributed by atoms with Gasteiger partial charge in [-0.2, -0.15) is 0 Å². The summed E-state index contributed by atoms with van der Waals surface area (Å²) in [6.07, 6.45) is 5.64. The third-order valence-electron chi connectivity index (χ3n) is 3.09. The lowest BCUT2D eigenvalue weighted by Gasteiger charge is -2.28. The molecular weight excluding hydrogens is 212 g/mol. The average molecular weight is 232 g/mol. The summed E-state index contributed by atoms with van der Waals surface area (Å²) in [6.45, 7) is 5.13. The third kappa shape index (κ3) is 3.99. The molecule has 1 aliphatic heterocycles. The van der Waals surface area contributed by atoms with Crippen molar-refractivity contribution in [1.82, 2.24) is 0 Å². The highest BCUT2D eigenvalue weighted by molar-refractivity contribution is 5.13. The molecule has 0 aliphatic carbocycles. The normalized spacial score (nSPS) is 24.5. The smallest absolute Gasteiger partial charge is 0.0814 e. The molecule has 0 bridgehead atoms. The van der Waals surface area contributed by atoms with E-state index >= 15 is 0 Å². The lowest BCUT2D eigenvalue weighted by molar-refractivity contribution is -0.0893. The molecule has 1 heterocycles. The monoisotopic (exact) mass is 232 g/mol. The van der Waals surface area contributed by atoms with Crippen molar-refractivity contribution in [1.29, 1.82) is 0 Å². The molecule has 0 spiro atoms. The molecule has 17 heavy (non-hydrogen) atoms. The molecule has 1 fully saturated rings. The van der Waals surface area contributed by atoms with E-state index < -0.39 is 0 Å². The van der Waals surface area contributed by atoms with E-state index in [9.17, 15) is 0 Å². The summed E-state index contributed by atoms with van der Waals surface area (Å²) < 4.78 is 11.6. The van der Waals surface area contributed by atoms with Gasteiger partial charge in [0.25, 0.3) is 0 Å². The molecule has 1 saturated heterocycles. The van der Waals surface area contributed by atoms with Gasteiger partial charge in [-0.1, -0.05) is 36.4 Å². The van der Waals surface area contributed by atoms with Crippen molar-refractivity contribution in [3.05, 3.63) is 48.6 Å². The minimum atomic E-state index is 0.247. The number of hydrogen-bond donors (Lipinski definition) is 0. The first-order valence-electron chi connectivity index (χ1n) is 6.26. The average Bonchev–Trinajstić information content (AvgIpc) is 2.40. The van der Waals surface area contributed by atoms with Crippen molar-refractivity contribution < 1.29 is 9.47 Å². The van der Waals surface area contributed by atoms with Gasteiger partial charge in [0.1, 0.15) is 0 Å². The minimum Gasteiger partial charge on any atom is -0.375 e. The number of rotatable bonds is 5. The van der Waals surface area contributed by atoms with Crippen LogP contribution in [0.3, 0.4) is 0 Å². The molecule has 2 atom stereocenters. The summed E-state index contributed by atoms with van der Waals surface area (Å²) in [6, 6.07) is 10.3. The van der Waals surface area contributed by atoms with Crippen LogP contribution in [0.5, 0.6) is 0 Å². The Labute approximate surface area is 103 Å². The van der Waals surface area contributed by atoms with Gasteiger partial charge in [0.2, 0.25) is 0 Å². The number of benzene rings is 1. The molecule has 1 aromatic carbocycles. The van der Waals surface area contributed by atoms with E-state index in [-0.39, 0.29) is 6.10 Å². The first kappa shape index (κ1) is 12.3. The van der Waals surface area contributed by atoms with E-state index in [0.29, 0.717) is 19.3 Å². The molecule has 2 nitrogen and oxygen atoms in total. The minimum absolute atomic E-state index is 0.247. The van der Waals surface area contributed by atoms with E-state index in [1.165, 1.54) is 5.56 Å². The van der Waals surface area contributed by atoms with Crippen molar-refractivity contribution in [2.75, 3.05) is 6.61 Å². The Kier molecular flexibility index (Phi) is 4.77. The fraction of sp³-hybridized carbons (Fsp3) is 0.467. The van der Waals surface area contributed by atoms with Crippen molar-refractivity contribution in [2.45, 2.75) is 38.1 Å². The number of hydrogen-bond acceptors (Lipinski definition) is 2.